The van der Waals surface area contributed by atoms with Crippen LogP contribution in [0.1, 0.15) is 36.1 Å². The molecule has 0 saturated carbocycles. The van der Waals surface area contributed by atoms with Crippen LogP contribution in [-0.4, -0.2) is 0 Å². The van der Waals surface area contributed by atoms with Crippen molar-refractivity contribution in [2.45, 2.75) is 25.7 Å². The van der Waals surface area contributed by atoms with Crippen molar-refractivity contribution in [2.24, 2.45) is 0 Å². The lowest BCUT2D eigenvalue weighted by atomic mass is 9.66. The molecule has 0 fully saturated rings. The second kappa shape index (κ2) is 5.40. The molecule has 0 unspecified atom stereocenters. The summed E-state index contributed by atoms with van der Waals surface area (Å²) in [5, 5.41) is 8.32. The van der Waals surface area contributed by atoms with Crippen molar-refractivity contribution in [2.75, 3.05) is 0 Å². The summed E-state index contributed by atoms with van der Waals surface area (Å²) in [7, 11) is 0. The maximum absolute atomic E-state index is 2.40. The molecule has 0 saturated heterocycles. The Kier molecular flexibility index (Phi) is 2.96. The molecule has 0 N–H and O–H groups in total. The molecule has 7 rings (SSSR count). The zero-order valence-electron chi connectivity index (χ0n) is 17.3. The number of rotatable bonds is 0. The fourth-order valence-electron chi connectivity index (χ4n) is 5.99. The summed E-state index contributed by atoms with van der Waals surface area (Å²) in [5.74, 6) is 0. The highest BCUT2D eigenvalue weighted by atomic mass is 14.4. The SMILES string of the molecule is CC1(C)c2ccc3ccc4ccccc4c3c2-c2ccc3c4c(ccc1c24)C=CC3. The number of allylic oxidation sites excluding steroid dienone is 1. The van der Waals surface area contributed by atoms with Gasteiger partial charge in [0.25, 0.3) is 0 Å². The van der Waals surface area contributed by atoms with E-state index in [-0.39, 0.29) is 5.41 Å². The highest BCUT2D eigenvalue weighted by molar-refractivity contribution is 6.20. The molecule has 0 heterocycles. The van der Waals surface area contributed by atoms with Gasteiger partial charge in [0.05, 0.1) is 0 Å². The predicted octanol–water partition coefficient (Wildman–Crippen LogP) is 8.02. The van der Waals surface area contributed by atoms with Gasteiger partial charge in [0.15, 0.2) is 0 Å². The molecule has 0 atom stereocenters. The van der Waals surface area contributed by atoms with Crippen molar-refractivity contribution in [3.05, 3.63) is 101 Å². The Morgan fingerprint density at radius 3 is 2.40 bits per heavy atom. The lowest BCUT2D eigenvalue weighted by Gasteiger charge is -2.37. The van der Waals surface area contributed by atoms with Crippen LogP contribution in [0.3, 0.4) is 0 Å². The summed E-state index contributed by atoms with van der Waals surface area (Å²) in [6.07, 6.45) is 5.63. The van der Waals surface area contributed by atoms with Gasteiger partial charge in [0, 0.05) is 5.41 Å². The molecule has 0 nitrogen and oxygen atoms in total. The van der Waals surface area contributed by atoms with Gasteiger partial charge in [-0.25, -0.2) is 0 Å². The summed E-state index contributed by atoms with van der Waals surface area (Å²) < 4.78 is 0. The van der Waals surface area contributed by atoms with E-state index >= 15 is 0 Å². The zero-order chi connectivity index (χ0) is 20.0. The van der Waals surface area contributed by atoms with Crippen molar-refractivity contribution >= 4 is 38.4 Å². The van der Waals surface area contributed by atoms with Crippen molar-refractivity contribution in [1.29, 1.82) is 0 Å². The summed E-state index contributed by atoms with van der Waals surface area (Å²) >= 11 is 0. The van der Waals surface area contributed by atoms with Gasteiger partial charge in [0.1, 0.15) is 0 Å². The van der Waals surface area contributed by atoms with E-state index in [4.69, 9.17) is 0 Å². The number of benzene rings is 5. The van der Waals surface area contributed by atoms with Gasteiger partial charge in [-0.05, 0) is 72.1 Å². The van der Waals surface area contributed by atoms with Crippen LogP contribution in [0, 0.1) is 0 Å². The van der Waals surface area contributed by atoms with Gasteiger partial charge >= 0.3 is 0 Å². The minimum absolute atomic E-state index is 0.0359. The zero-order valence-corrected chi connectivity index (χ0v) is 17.3. The van der Waals surface area contributed by atoms with Crippen LogP contribution < -0.4 is 0 Å². The second-order valence-electron chi connectivity index (χ2n) is 9.33. The number of fused-ring (bicyclic) bond motifs is 6. The highest BCUT2D eigenvalue weighted by Gasteiger charge is 2.35. The van der Waals surface area contributed by atoms with Crippen molar-refractivity contribution in [3.63, 3.8) is 0 Å². The second-order valence-corrected chi connectivity index (χ2v) is 9.33. The summed E-state index contributed by atoms with van der Waals surface area (Å²) in [5.41, 5.74) is 8.51. The Morgan fingerprint density at radius 2 is 1.47 bits per heavy atom. The highest BCUT2D eigenvalue weighted by Crippen LogP contribution is 2.53. The van der Waals surface area contributed by atoms with Gasteiger partial charge < -0.3 is 0 Å². The molecule has 0 radical (unpaired) electrons. The van der Waals surface area contributed by atoms with Crippen LogP contribution in [0.5, 0.6) is 0 Å². The standard InChI is InChI=1S/C30H22/c1-30(2)24-16-13-20-8-5-7-19-12-15-23(28(24)26(19)20)29-25(30)17-14-21-11-10-18-6-3-4-9-22(18)27(21)29/h3-6,8-17H,7H2,1-2H3. The number of hydrogen-bond acceptors (Lipinski definition) is 0. The third-order valence-electron chi connectivity index (χ3n) is 7.44. The van der Waals surface area contributed by atoms with E-state index in [9.17, 15) is 0 Å². The molecule has 5 aromatic carbocycles. The molecule has 0 heteroatoms. The van der Waals surface area contributed by atoms with E-state index in [2.05, 4.69) is 98.8 Å². The minimum Gasteiger partial charge on any atom is -0.0795 e. The molecule has 2 aliphatic carbocycles. The summed E-state index contributed by atoms with van der Waals surface area (Å²) in [4.78, 5) is 0. The van der Waals surface area contributed by atoms with Crippen LogP contribution in [-0.2, 0) is 11.8 Å². The molecule has 5 aromatic rings. The first-order valence-corrected chi connectivity index (χ1v) is 10.9. The average molecular weight is 383 g/mol. The average Bonchev–Trinajstić information content (AvgIpc) is 2.78. The van der Waals surface area contributed by atoms with Gasteiger partial charge in [-0.1, -0.05) is 98.8 Å². The van der Waals surface area contributed by atoms with Crippen LogP contribution >= 0.6 is 0 Å². The van der Waals surface area contributed by atoms with E-state index < -0.39 is 0 Å². The fraction of sp³-hybridized carbons (Fsp3) is 0.133. The first kappa shape index (κ1) is 16.4. The lowest BCUT2D eigenvalue weighted by Crippen LogP contribution is -2.24. The smallest absolute Gasteiger partial charge is 0.0159 e. The Morgan fingerprint density at radius 1 is 0.667 bits per heavy atom. The molecule has 30 heavy (non-hydrogen) atoms. The first-order valence-electron chi connectivity index (χ1n) is 10.9. The molecule has 0 aromatic heterocycles. The molecule has 2 aliphatic rings. The van der Waals surface area contributed by atoms with Crippen molar-refractivity contribution in [1.82, 2.24) is 0 Å². The van der Waals surface area contributed by atoms with Gasteiger partial charge in [-0.2, -0.15) is 0 Å². The molecule has 0 bridgehead atoms. The molecule has 0 spiro atoms. The van der Waals surface area contributed by atoms with Crippen LogP contribution in [0.25, 0.3) is 49.5 Å². The van der Waals surface area contributed by atoms with Gasteiger partial charge in [-0.15, -0.1) is 0 Å². The normalized spacial score (nSPS) is 15.7. The topological polar surface area (TPSA) is 0 Å². The predicted molar refractivity (Wildman–Crippen MR) is 129 cm³/mol. The monoisotopic (exact) mass is 382 g/mol. The van der Waals surface area contributed by atoms with E-state index in [1.54, 1.807) is 0 Å². The molecule has 0 amide bonds. The maximum Gasteiger partial charge on any atom is 0.0159 e. The maximum atomic E-state index is 2.40. The fourth-order valence-corrected chi connectivity index (χ4v) is 5.99. The van der Waals surface area contributed by atoms with Gasteiger partial charge in [-0.3, -0.25) is 0 Å². The Balaban J connectivity index is 1.78. The third-order valence-corrected chi connectivity index (χ3v) is 7.44. The van der Waals surface area contributed by atoms with E-state index in [1.807, 2.05) is 0 Å². The first-order chi connectivity index (χ1) is 14.6. The molecular formula is C30H22. The minimum atomic E-state index is -0.0359. The van der Waals surface area contributed by atoms with Crippen LogP contribution in [0.15, 0.2) is 78.9 Å². The quantitative estimate of drug-likeness (QED) is 0.238. The molecule has 0 aliphatic heterocycles. The van der Waals surface area contributed by atoms with Gasteiger partial charge in [0.2, 0.25) is 0 Å². The lowest BCUT2D eigenvalue weighted by molar-refractivity contribution is 0.646. The summed E-state index contributed by atoms with van der Waals surface area (Å²) in [6, 6.07) is 27.5. The molecule has 142 valence electrons. The number of hydrogen-bond donors (Lipinski definition) is 0. The van der Waals surface area contributed by atoms with Crippen LogP contribution in [0.4, 0.5) is 0 Å². The van der Waals surface area contributed by atoms with E-state index in [0.29, 0.717) is 0 Å². The Labute approximate surface area is 176 Å². The van der Waals surface area contributed by atoms with Crippen LogP contribution in [0.2, 0.25) is 0 Å². The van der Waals surface area contributed by atoms with Crippen molar-refractivity contribution in [3.8, 4) is 11.1 Å². The van der Waals surface area contributed by atoms with Crippen molar-refractivity contribution < 1.29 is 0 Å². The summed E-state index contributed by atoms with van der Waals surface area (Å²) in [6.45, 7) is 4.79. The molecular weight excluding hydrogens is 360 g/mol. The largest absolute Gasteiger partial charge is 0.0795 e. The Bertz CT molecular complexity index is 1580. The van der Waals surface area contributed by atoms with E-state index in [0.717, 1.165) is 6.42 Å². The Hall–Kier alpha value is -3.38. The third kappa shape index (κ3) is 1.87. The van der Waals surface area contributed by atoms with E-state index in [1.165, 1.54) is 65.7 Å².